The zero-order valence-corrected chi connectivity index (χ0v) is 19.7. The van der Waals surface area contributed by atoms with Gasteiger partial charge in [-0.1, -0.05) is 48.5 Å². The van der Waals surface area contributed by atoms with Gasteiger partial charge in [0.15, 0.2) is 0 Å². The van der Waals surface area contributed by atoms with Crippen molar-refractivity contribution in [3.8, 4) is 0 Å². The van der Waals surface area contributed by atoms with E-state index in [9.17, 15) is 14.7 Å². The van der Waals surface area contributed by atoms with Crippen molar-refractivity contribution >= 4 is 22.9 Å². The van der Waals surface area contributed by atoms with Crippen LogP contribution in [0.1, 0.15) is 31.9 Å². The van der Waals surface area contributed by atoms with Gasteiger partial charge in [0.25, 0.3) is 0 Å². The van der Waals surface area contributed by atoms with E-state index in [1.807, 2.05) is 72.4 Å². The fourth-order valence-corrected chi connectivity index (χ4v) is 3.83. The number of fused-ring (bicyclic) bond motifs is 1. The van der Waals surface area contributed by atoms with Gasteiger partial charge in [-0.2, -0.15) is 0 Å². The van der Waals surface area contributed by atoms with Crippen molar-refractivity contribution in [3.63, 3.8) is 0 Å². The molecule has 0 fully saturated rings. The second-order valence-electron chi connectivity index (χ2n) is 9.26. The lowest BCUT2D eigenvalue weighted by molar-refractivity contribution is -0.124. The van der Waals surface area contributed by atoms with Crippen molar-refractivity contribution < 1.29 is 19.4 Å². The molecule has 0 saturated heterocycles. The van der Waals surface area contributed by atoms with Crippen LogP contribution in [0.25, 0.3) is 10.9 Å². The molecule has 3 aromatic rings. The highest BCUT2D eigenvalue weighted by Crippen LogP contribution is 2.22. The Kier molecular flexibility index (Phi) is 7.76. The molecule has 33 heavy (non-hydrogen) atoms. The standard InChI is InChI=1S/C26H33N3O4/c1-26(2,3)33-25(32)28-22(15-19-16-29(4)23-13-9-8-12-21(19)23)24(31)27-20(17-30)14-18-10-6-5-7-11-18/h5-13,16,20,22,30H,14-15,17H2,1-4H3,(H,27,31)(H,28,32)/t20-,22-/m0/s1. The minimum atomic E-state index is -0.865. The van der Waals surface area contributed by atoms with Crippen LogP contribution >= 0.6 is 0 Å². The van der Waals surface area contributed by atoms with Crippen LogP contribution in [-0.4, -0.2) is 46.0 Å². The normalized spacial score (nSPS) is 13.4. The smallest absolute Gasteiger partial charge is 0.408 e. The Morgan fingerprint density at radius 1 is 1.00 bits per heavy atom. The summed E-state index contributed by atoms with van der Waals surface area (Å²) in [4.78, 5) is 25.8. The molecule has 0 saturated carbocycles. The second kappa shape index (κ2) is 10.5. The number of aliphatic hydroxyl groups is 1. The summed E-state index contributed by atoms with van der Waals surface area (Å²) in [5.74, 6) is -0.372. The van der Waals surface area contributed by atoms with E-state index in [4.69, 9.17) is 4.74 Å². The Balaban J connectivity index is 1.80. The highest BCUT2D eigenvalue weighted by Gasteiger charge is 2.27. The highest BCUT2D eigenvalue weighted by atomic mass is 16.6. The molecule has 7 heteroatoms. The van der Waals surface area contributed by atoms with Crippen molar-refractivity contribution in [3.05, 3.63) is 71.9 Å². The van der Waals surface area contributed by atoms with Crippen LogP contribution in [0.5, 0.6) is 0 Å². The number of alkyl carbamates (subject to hydrolysis) is 1. The first-order valence-corrected chi connectivity index (χ1v) is 11.1. The first kappa shape index (κ1) is 24.3. The number of carbonyl (C=O) groups is 2. The molecule has 2 atom stereocenters. The van der Waals surface area contributed by atoms with Crippen molar-refractivity contribution in [2.75, 3.05) is 6.61 Å². The Morgan fingerprint density at radius 3 is 2.33 bits per heavy atom. The van der Waals surface area contributed by atoms with Gasteiger partial charge in [-0.05, 0) is 44.4 Å². The number of benzene rings is 2. The minimum Gasteiger partial charge on any atom is -0.444 e. The lowest BCUT2D eigenvalue weighted by Crippen LogP contribution is -2.52. The molecule has 0 aliphatic carbocycles. The topological polar surface area (TPSA) is 92.6 Å². The summed E-state index contributed by atoms with van der Waals surface area (Å²) in [5.41, 5.74) is 2.29. The summed E-state index contributed by atoms with van der Waals surface area (Å²) < 4.78 is 7.39. The maximum atomic E-state index is 13.3. The van der Waals surface area contributed by atoms with Crippen LogP contribution in [0.3, 0.4) is 0 Å². The van der Waals surface area contributed by atoms with Gasteiger partial charge >= 0.3 is 6.09 Å². The molecule has 0 aliphatic heterocycles. The minimum absolute atomic E-state index is 0.214. The van der Waals surface area contributed by atoms with E-state index >= 15 is 0 Å². The van der Waals surface area contributed by atoms with E-state index in [0.717, 1.165) is 22.0 Å². The van der Waals surface area contributed by atoms with Gasteiger partial charge in [-0.15, -0.1) is 0 Å². The fourth-order valence-electron chi connectivity index (χ4n) is 3.83. The molecule has 176 valence electrons. The first-order chi connectivity index (χ1) is 15.7. The van der Waals surface area contributed by atoms with Crippen molar-refractivity contribution in [2.24, 2.45) is 7.05 Å². The van der Waals surface area contributed by atoms with E-state index < -0.39 is 23.8 Å². The Labute approximate surface area is 194 Å². The number of para-hydroxylation sites is 1. The molecule has 2 amide bonds. The Morgan fingerprint density at radius 2 is 1.67 bits per heavy atom. The summed E-state index contributed by atoms with van der Waals surface area (Å²) in [6.45, 7) is 5.10. The van der Waals surface area contributed by atoms with E-state index in [-0.39, 0.29) is 18.9 Å². The van der Waals surface area contributed by atoms with E-state index in [2.05, 4.69) is 10.6 Å². The fraction of sp³-hybridized carbons (Fsp3) is 0.385. The maximum absolute atomic E-state index is 13.3. The molecule has 3 N–H and O–H groups in total. The lowest BCUT2D eigenvalue weighted by atomic mass is 10.0. The predicted molar refractivity (Wildman–Crippen MR) is 129 cm³/mol. The molecular weight excluding hydrogens is 418 g/mol. The third kappa shape index (κ3) is 6.83. The van der Waals surface area contributed by atoms with Crippen LogP contribution in [0.15, 0.2) is 60.8 Å². The Hall–Kier alpha value is -3.32. The van der Waals surface area contributed by atoms with Crippen LogP contribution in [0.2, 0.25) is 0 Å². The summed E-state index contributed by atoms with van der Waals surface area (Å²) in [6.07, 6.45) is 2.08. The van der Waals surface area contributed by atoms with Gasteiger partial charge in [0.2, 0.25) is 5.91 Å². The summed E-state index contributed by atoms with van der Waals surface area (Å²) in [6, 6.07) is 16.2. The van der Waals surface area contributed by atoms with Gasteiger partial charge in [-0.25, -0.2) is 4.79 Å². The maximum Gasteiger partial charge on any atom is 0.408 e. The van der Waals surface area contributed by atoms with Gasteiger partial charge in [0.1, 0.15) is 11.6 Å². The number of rotatable bonds is 8. The predicted octanol–water partition coefficient (Wildman–Crippen LogP) is 3.33. The molecule has 0 bridgehead atoms. The SMILES string of the molecule is Cn1cc(C[C@H](NC(=O)OC(C)(C)C)C(=O)N[C@H](CO)Cc2ccccc2)c2ccccc21. The first-order valence-electron chi connectivity index (χ1n) is 11.1. The molecule has 0 aliphatic rings. The molecule has 0 unspecified atom stereocenters. The summed E-state index contributed by atoms with van der Waals surface area (Å²) >= 11 is 0. The van der Waals surface area contributed by atoms with Gasteiger partial charge < -0.3 is 25.0 Å². The summed E-state index contributed by atoms with van der Waals surface area (Å²) in [7, 11) is 1.95. The molecule has 1 heterocycles. The van der Waals surface area contributed by atoms with E-state index in [1.54, 1.807) is 20.8 Å². The second-order valence-corrected chi connectivity index (χ2v) is 9.26. The largest absolute Gasteiger partial charge is 0.444 e. The van der Waals surface area contributed by atoms with Crippen molar-refractivity contribution in [2.45, 2.75) is 51.3 Å². The summed E-state index contributed by atoms with van der Waals surface area (Å²) in [5, 5.41) is 16.5. The number of nitrogens with zero attached hydrogens (tertiary/aromatic N) is 1. The van der Waals surface area contributed by atoms with Gasteiger partial charge in [0, 0.05) is 30.6 Å². The molecular formula is C26H33N3O4. The van der Waals surface area contributed by atoms with Crippen LogP contribution in [0.4, 0.5) is 4.79 Å². The lowest BCUT2D eigenvalue weighted by Gasteiger charge is -2.25. The van der Waals surface area contributed by atoms with Gasteiger partial charge in [-0.3, -0.25) is 4.79 Å². The van der Waals surface area contributed by atoms with Crippen LogP contribution in [-0.2, 0) is 29.4 Å². The van der Waals surface area contributed by atoms with Crippen LogP contribution < -0.4 is 10.6 Å². The number of aryl methyl sites for hydroxylation is 1. The van der Waals surface area contributed by atoms with Crippen molar-refractivity contribution in [1.82, 2.24) is 15.2 Å². The molecule has 7 nitrogen and oxygen atoms in total. The molecule has 0 spiro atoms. The molecule has 2 aromatic carbocycles. The van der Waals surface area contributed by atoms with E-state index in [0.29, 0.717) is 6.42 Å². The molecule has 1 aromatic heterocycles. The van der Waals surface area contributed by atoms with Crippen LogP contribution in [0, 0.1) is 0 Å². The Bertz CT molecular complexity index is 1090. The number of amides is 2. The average molecular weight is 452 g/mol. The zero-order chi connectivity index (χ0) is 24.0. The molecule has 0 radical (unpaired) electrons. The monoisotopic (exact) mass is 451 g/mol. The number of carbonyl (C=O) groups excluding carboxylic acids is 2. The average Bonchev–Trinajstić information content (AvgIpc) is 3.07. The number of nitrogens with one attached hydrogen (secondary N) is 2. The third-order valence-corrected chi connectivity index (χ3v) is 5.30. The number of hydrogen-bond acceptors (Lipinski definition) is 4. The third-order valence-electron chi connectivity index (χ3n) is 5.30. The highest BCUT2D eigenvalue weighted by molar-refractivity contribution is 5.88. The number of ether oxygens (including phenoxy) is 1. The zero-order valence-electron chi connectivity index (χ0n) is 19.7. The number of aliphatic hydroxyl groups excluding tert-OH is 1. The number of hydrogen-bond donors (Lipinski definition) is 3. The van der Waals surface area contributed by atoms with E-state index in [1.165, 1.54) is 0 Å². The number of aromatic nitrogens is 1. The van der Waals surface area contributed by atoms with Gasteiger partial charge in [0.05, 0.1) is 12.6 Å². The quantitative estimate of drug-likeness (QED) is 0.490. The molecule has 3 rings (SSSR count). The van der Waals surface area contributed by atoms with Crippen molar-refractivity contribution in [1.29, 1.82) is 0 Å².